The van der Waals surface area contributed by atoms with Crippen LogP contribution in [0, 0.1) is 0 Å². The molecule has 306 valence electrons. The molecule has 0 radical (unpaired) electrons. The van der Waals surface area contributed by atoms with Crippen molar-refractivity contribution in [2.45, 2.75) is 0 Å². The molecule has 0 saturated carbocycles. The van der Waals surface area contributed by atoms with Crippen LogP contribution in [-0.4, -0.2) is 0 Å². The molecule has 0 unspecified atom stereocenters. The van der Waals surface area contributed by atoms with Crippen molar-refractivity contribution >= 4 is 77.6 Å². The third-order valence-electron chi connectivity index (χ3n) is 12.6. The van der Waals surface area contributed by atoms with E-state index < -0.39 is 0 Å². The number of hydrogen-bond acceptors (Lipinski definition) is 3. The molecule has 1 heterocycles. The van der Waals surface area contributed by atoms with Gasteiger partial charge >= 0.3 is 0 Å². The van der Waals surface area contributed by atoms with Gasteiger partial charge in [-0.1, -0.05) is 188 Å². The zero-order valence-corrected chi connectivity index (χ0v) is 35.6. The first-order chi connectivity index (χ1) is 32.2. The maximum atomic E-state index is 6.94. The third kappa shape index (κ3) is 6.87. The fraction of sp³-hybridized carbons (Fsp3) is 0. The summed E-state index contributed by atoms with van der Waals surface area (Å²) in [6.07, 6.45) is 0. The standard InChI is InChI=1S/C62H42N2O/c1-4-18-43(19-5-1)45-34-36-52(37-35-45)63(56-30-16-14-28-53(56)46-21-6-2-7-22-46)58-38-39-59-61(55-41-48-24-12-13-25-49(48)42-60(55)65-59)62(58)64(51-26-8-3-9-27-51)57-31-17-15-29-54(57)50-33-32-44-20-10-11-23-47(44)40-50/h1-42H. The van der Waals surface area contributed by atoms with Gasteiger partial charge in [0.1, 0.15) is 11.2 Å². The zero-order valence-electron chi connectivity index (χ0n) is 35.6. The molecule has 3 heteroatoms. The third-order valence-corrected chi connectivity index (χ3v) is 12.6. The molecule has 3 nitrogen and oxygen atoms in total. The molecule has 0 aliphatic heterocycles. The summed E-state index contributed by atoms with van der Waals surface area (Å²) in [5.74, 6) is 0. The Hall–Kier alpha value is -8.66. The lowest BCUT2D eigenvalue weighted by atomic mass is 9.97. The van der Waals surface area contributed by atoms with Gasteiger partial charge < -0.3 is 14.2 Å². The molecule has 65 heavy (non-hydrogen) atoms. The van der Waals surface area contributed by atoms with Gasteiger partial charge in [0.05, 0.1) is 28.1 Å². The predicted molar refractivity (Wildman–Crippen MR) is 274 cm³/mol. The topological polar surface area (TPSA) is 19.6 Å². The Morgan fingerprint density at radius 3 is 1.46 bits per heavy atom. The second kappa shape index (κ2) is 16.2. The highest BCUT2D eigenvalue weighted by Crippen LogP contribution is 2.54. The molecule has 0 N–H and O–H groups in total. The quantitative estimate of drug-likeness (QED) is 0.144. The van der Waals surface area contributed by atoms with Gasteiger partial charge in [-0.2, -0.15) is 0 Å². The lowest BCUT2D eigenvalue weighted by molar-refractivity contribution is 0.669. The maximum Gasteiger partial charge on any atom is 0.137 e. The molecule has 0 aliphatic rings. The van der Waals surface area contributed by atoms with Gasteiger partial charge in [0, 0.05) is 27.9 Å². The molecule has 0 amide bonds. The Balaban J connectivity index is 1.21. The Bertz CT molecular complexity index is 3650. The molecule has 0 saturated heterocycles. The van der Waals surface area contributed by atoms with Crippen LogP contribution < -0.4 is 9.80 Å². The highest BCUT2D eigenvalue weighted by Gasteiger charge is 2.29. The van der Waals surface area contributed by atoms with Crippen LogP contribution >= 0.6 is 0 Å². The van der Waals surface area contributed by atoms with E-state index in [0.29, 0.717) is 0 Å². The maximum absolute atomic E-state index is 6.94. The van der Waals surface area contributed by atoms with Crippen molar-refractivity contribution in [1.82, 2.24) is 0 Å². The van der Waals surface area contributed by atoms with Crippen LogP contribution in [0.5, 0.6) is 0 Å². The van der Waals surface area contributed by atoms with Crippen molar-refractivity contribution in [3.05, 3.63) is 255 Å². The lowest BCUT2D eigenvalue weighted by Crippen LogP contribution is -2.18. The molecule has 0 spiro atoms. The van der Waals surface area contributed by atoms with E-state index in [1.165, 1.54) is 16.3 Å². The largest absolute Gasteiger partial charge is 0.456 e. The number of para-hydroxylation sites is 3. The molecule has 0 bridgehead atoms. The Labute approximate surface area is 378 Å². The van der Waals surface area contributed by atoms with Gasteiger partial charge in [0.2, 0.25) is 0 Å². The summed E-state index contributed by atoms with van der Waals surface area (Å²) >= 11 is 0. The zero-order chi connectivity index (χ0) is 43.1. The molecule has 0 fully saturated rings. The average Bonchev–Trinajstić information content (AvgIpc) is 3.75. The highest BCUT2D eigenvalue weighted by atomic mass is 16.3. The van der Waals surface area contributed by atoms with E-state index in [9.17, 15) is 0 Å². The molecular formula is C62H42N2O. The number of rotatable bonds is 9. The summed E-state index contributed by atoms with van der Waals surface area (Å²) in [6, 6.07) is 91.5. The van der Waals surface area contributed by atoms with Gasteiger partial charge in [-0.25, -0.2) is 0 Å². The first kappa shape index (κ1) is 38.0. The lowest BCUT2D eigenvalue weighted by Gasteiger charge is -2.35. The number of benzene rings is 11. The summed E-state index contributed by atoms with van der Waals surface area (Å²) in [4.78, 5) is 4.91. The monoisotopic (exact) mass is 830 g/mol. The molecule has 11 aromatic carbocycles. The molecule has 0 aliphatic carbocycles. The van der Waals surface area contributed by atoms with E-state index >= 15 is 0 Å². The molecule has 0 atom stereocenters. The summed E-state index contributed by atoms with van der Waals surface area (Å²) in [5, 5.41) is 6.79. The van der Waals surface area contributed by atoms with Gasteiger partial charge in [-0.3, -0.25) is 0 Å². The van der Waals surface area contributed by atoms with Crippen LogP contribution in [0.15, 0.2) is 259 Å². The van der Waals surface area contributed by atoms with Crippen LogP contribution in [0.1, 0.15) is 0 Å². The number of furan rings is 1. The first-order valence-corrected chi connectivity index (χ1v) is 22.2. The van der Waals surface area contributed by atoms with Gasteiger partial charge in [0.25, 0.3) is 0 Å². The van der Waals surface area contributed by atoms with Crippen LogP contribution in [0.25, 0.3) is 76.9 Å². The van der Waals surface area contributed by atoms with E-state index in [1.54, 1.807) is 0 Å². The van der Waals surface area contributed by atoms with E-state index in [0.717, 1.165) is 94.7 Å². The van der Waals surface area contributed by atoms with Gasteiger partial charge in [0.15, 0.2) is 0 Å². The number of fused-ring (bicyclic) bond motifs is 5. The predicted octanol–water partition coefficient (Wildman–Crippen LogP) is 17.8. The van der Waals surface area contributed by atoms with Crippen molar-refractivity contribution in [3.8, 4) is 33.4 Å². The first-order valence-electron chi connectivity index (χ1n) is 22.2. The van der Waals surface area contributed by atoms with Crippen LogP contribution in [0.3, 0.4) is 0 Å². The van der Waals surface area contributed by atoms with Crippen molar-refractivity contribution in [3.63, 3.8) is 0 Å². The minimum Gasteiger partial charge on any atom is -0.456 e. The second-order valence-corrected chi connectivity index (χ2v) is 16.5. The molecular weight excluding hydrogens is 789 g/mol. The summed E-state index contributed by atoms with van der Waals surface area (Å²) in [5.41, 5.74) is 14.7. The van der Waals surface area contributed by atoms with Crippen molar-refractivity contribution in [1.29, 1.82) is 0 Å². The average molecular weight is 831 g/mol. The van der Waals surface area contributed by atoms with Gasteiger partial charge in [-0.05, 0) is 111 Å². The summed E-state index contributed by atoms with van der Waals surface area (Å²) < 4.78 is 6.94. The van der Waals surface area contributed by atoms with E-state index in [2.05, 4.69) is 265 Å². The minimum absolute atomic E-state index is 0.814. The van der Waals surface area contributed by atoms with E-state index in [-0.39, 0.29) is 0 Å². The summed E-state index contributed by atoms with van der Waals surface area (Å²) in [7, 11) is 0. The summed E-state index contributed by atoms with van der Waals surface area (Å²) in [6.45, 7) is 0. The fourth-order valence-electron chi connectivity index (χ4n) is 9.54. The Morgan fingerprint density at radius 1 is 0.277 bits per heavy atom. The molecule has 12 rings (SSSR count). The van der Waals surface area contributed by atoms with Crippen LogP contribution in [0.2, 0.25) is 0 Å². The Morgan fingerprint density at radius 2 is 0.769 bits per heavy atom. The molecule has 12 aromatic rings. The van der Waals surface area contributed by atoms with Crippen LogP contribution in [-0.2, 0) is 0 Å². The number of nitrogens with zero attached hydrogens (tertiary/aromatic N) is 2. The SMILES string of the molecule is c1ccc(-c2ccc(N(c3ccccc3-c3ccccc3)c3ccc4oc5cc6ccccc6cc5c4c3N(c3ccccc3)c3ccccc3-c3ccc4ccccc4c3)cc2)cc1. The van der Waals surface area contributed by atoms with Gasteiger partial charge in [-0.15, -0.1) is 0 Å². The normalized spacial score (nSPS) is 11.4. The highest BCUT2D eigenvalue weighted by molar-refractivity contribution is 6.20. The second-order valence-electron chi connectivity index (χ2n) is 16.5. The van der Waals surface area contributed by atoms with E-state index in [4.69, 9.17) is 4.42 Å². The Kier molecular flexibility index (Phi) is 9.50. The number of anilines is 6. The van der Waals surface area contributed by atoms with Crippen molar-refractivity contribution < 1.29 is 4.42 Å². The number of hydrogen-bond donors (Lipinski definition) is 0. The van der Waals surface area contributed by atoms with E-state index in [1.807, 2.05) is 0 Å². The smallest absolute Gasteiger partial charge is 0.137 e. The van der Waals surface area contributed by atoms with Crippen LogP contribution in [0.4, 0.5) is 34.1 Å². The molecule has 1 aromatic heterocycles. The minimum atomic E-state index is 0.814. The van der Waals surface area contributed by atoms with Crippen molar-refractivity contribution in [2.75, 3.05) is 9.80 Å². The van der Waals surface area contributed by atoms with Crippen molar-refractivity contribution in [2.24, 2.45) is 0 Å². The fourth-order valence-corrected chi connectivity index (χ4v) is 9.54.